The minimum absolute atomic E-state index is 0.137. The number of aromatic amines is 1. The first kappa shape index (κ1) is 20.1. The number of rotatable bonds is 8. The number of carbonyl (C=O) groups excluding carboxylic acids is 1. The molecule has 0 fully saturated rings. The second kappa shape index (κ2) is 9.53. The fraction of sp³-hybridized carbons (Fsp3) is 0.500. The molecule has 1 aliphatic rings. The molecule has 0 saturated heterocycles. The molecule has 0 saturated carbocycles. The van der Waals surface area contributed by atoms with E-state index in [9.17, 15) is 9.59 Å². The number of ether oxygens (including phenoxy) is 1. The molecule has 3 rings (SSSR count). The van der Waals surface area contributed by atoms with Gasteiger partial charge < -0.3 is 14.6 Å². The van der Waals surface area contributed by atoms with Crippen LogP contribution in [0, 0.1) is 0 Å². The Bertz CT molecular complexity index is 876. The Labute approximate surface area is 165 Å². The molecule has 2 heterocycles. The van der Waals surface area contributed by atoms with E-state index >= 15 is 0 Å². The highest BCUT2D eigenvalue weighted by atomic mass is 16.5. The molecule has 6 heteroatoms. The zero-order valence-electron chi connectivity index (χ0n) is 16.8. The van der Waals surface area contributed by atoms with Gasteiger partial charge in [0.2, 0.25) is 5.91 Å². The number of aromatic nitrogens is 2. The molecule has 1 aromatic carbocycles. The van der Waals surface area contributed by atoms with Crippen LogP contribution >= 0.6 is 0 Å². The summed E-state index contributed by atoms with van der Waals surface area (Å²) in [6, 6.07) is 7.46. The molecule has 0 atom stereocenters. The maximum Gasteiger partial charge on any atom is 0.256 e. The van der Waals surface area contributed by atoms with E-state index in [4.69, 9.17) is 4.74 Å². The monoisotopic (exact) mass is 383 g/mol. The van der Waals surface area contributed by atoms with Gasteiger partial charge in [-0.3, -0.25) is 9.59 Å². The minimum Gasteiger partial charge on any atom is -0.497 e. The number of benzene rings is 1. The van der Waals surface area contributed by atoms with E-state index in [1.165, 1.54) is 19.3 Å². The summed E-state index contributed by atoms with van der Waals surface area (Å²) in [4.78, 5) is 34.5. The standard InChI is InChI=1S/C22H29N3O3/c1-3-4-5-6-7-11-20(26)25-13-12-19-18(15-25)22(27)24-21(23-19)16-9-8-10-17(14-16)28-2/h8-10,14H,3-7,11-13,15H2,1-2H3,(H,23,24,27). The van der Waals surface area contributed by atoms with E-state index in [1.54, 1.807) is 12.0 Å². The van der Waals surface area contributed by atoms with Crippen LogP contribution in [0.3, 0.4) is 0 Å². The molecule has 28 heavy (non-hydrogen) atoms. The van der Waals surface area contributed by atoms with Gasteiger partial charge >= 0.3 is 0 Å². The van der Waals surface area contributed by atoms with Crippen molar-refractivity contribution in [2.75, 3.05) is 13.7 Å². The number of carbonyl (C=O) groups is 1. The average molecular weight is 383 g/mol. The normalized spacial score (nSPS) is 13.3. The number of nitrogens with zero attached hydrogens (tertiary/aromatic N) is 2. The fourth-order valence-corrected chi connectivity index (χ4v) is 3.58. The number of amides is 1. The van der Waals surface area contributed by atoms with Gasteiger partial charge in [0.1, 0.15) is 11.6 Å². The summed E-state index contributed by atoms with van der Waals surface area (Å²) in [5.74, 6) is 1.39. The zero-order valence-corrected chi connectivity index (χ0v) is 16.8. The number of fused-ring (bicyclic) bond motifs is 1. The summed E-state index contributed by atoms with van der Waals surface area (Å²) < 4.78 is 5.25. The summed E-state index contributed by atoms with van der Waals surface area (Å²) in [5.41, 5.74) is 2.04. The lowest BCUT2D eigenvalue weighted by molar-refractivity contribution is -0.132. The Balaban J connectivity index is 1.69. The molecule has 0 spiro atoms. The molecule has 0 unspecified atom stereocenters. The summed E-state index contributed by atoms with van der Waals surface area (Å²) in [5, 5.41) is 0. The van der Waals surface area contributed by atoms with Crippen LogP contribution in [-0.2, 0) is 17.8 Å². The Kier molecular flexibility index (Phi) is 6.85. The van der Waals surface area contributed by atoms with Crippen LogP contribution in [0.5, 0.6) is 5.75 Å². The number of H-pyrrole nitrogens is 1. The van der Waals surface area contributed by atoms with Crippen molar-refractivity contribution in [3.05, 3.63) is 45.9 Å². The quantitative estimate of drug-likeness (QED) is 0.706. The second-order valence-electron chi connectivity index (χ2n) is 7.30. The smallest absolute Gasteiger partial charge is 0.256 e. The predicted octanol–water partition coefficient (Wildman–Crippen LogP) is 3.69. The summed E-state index contributed by atoms with van der Waals surface area (Å²) >= 11 is 0. The van der Waals surface area contributed by atoms with Crippen molar-refractivity contribution in [2.24, 2.45) is 0 Å². The third-order valence-corrected chi connectivity index (χ3v) is 5.26. The second-order valence-corrected chi connectivity index (χ2v) is 7.30. The maximum atomic E-state index is 12.6. The summed E-state index contributed by atoms with van der Waals surface area (Å²) in [6.07, 6.45) is 6.79. The molecule has 0 radical (unpaired) electrons. The van der Waals surface area contributed by atoms with Crippen LogP contribution in [0.15, 0.2) is 29.1 Å². The van der Waals surface area contributed by atoms with E-state index in [2.05, 4.69) is 16.9 Å². The Morgan fingerprint density at radius 3 is 2.86 bits per heavy atom. The number of methoxy groups -OCH3 is 1. The Morgan fingerprint density at radius 2 is 2.07 bits per heavy atom. The first-order chi connectivity index (χ1) is 13.6. The minimum atomic E-state index is -0.164. The first-order valence-corrected chi connectivity index (χ1v) is 10.2. The van der Waals surface area contributed by atoms with Gasteiger partial charge in [-0.2, -0.15) is 0 Å². The largest absolute Gasteiger partial charge is 0.497 e. The van der Waals surface area contributed by atoms with Gasteiger partial charge in [0.05, 0.1) is 24.9 Å². The first-order valence-electron chi connectivity index (χ1n) is 10.2. The lowest BCUT2D eigenvalue weighted by Crippen LogP contribution is -2.39. The van der Waals surface area contributed by atoms with Gasteiger partial charge in [-0.05, 0) is 18.6 Å². The molecular formula is C22H29N3O3. The van der Waals surface area contributed by atoms with Crippen LogP contribution in [-0.4, -0.2) is 34.4 Å². The lowest BCUT2D eigenvalue weighted by Gasteiger charge is -2.28. The number of nitrogens with one attached hydrogen (secondary N) is 1. The van der Waals surface area contributed by atoms with Crippen LogP contribution in [0.25, 0.3) is 11.4 Å². The average Bonchev–Trinajstić information content (AvgIpc) is 2.73. The Morgan fingerprint density at radius 1 is 1.25 bits per heavy atom. The summed E-state index contributed by atoms with van der Waals surface area (Å²) in [6.45, 7) is 3.15. The molecule has 2 aromatic rings. The van der Waals surface area contributed by atoms with E-state index in [-0.39, 0.29) is 11.5 Å². The van der Waals surface area contributed by atoms with Crippen molar-refractivity contribution in [2.45, 2.75) is 58.4 Å². The molecule has 0 bridgehead atoms. The van der Waals surface area contributed by atoms with Crippen molar-refractivity contribution in [3.8, 4) is 17.1 Å². The maximum absolute atomic E-state index is 12.6. The van der Waals surface area contributed by atoms with Gasteiger partial charge in [-0.1, -0.05) is 44.7 Å². The molecule has 0 aliphatic carbocycles. The van der Waals surface area contributed by atoms with Crippen LogP contribution in [0.4, 0.5) is 0 Å². The van der Waals surface area contributed by atoms with E-state index in [0.29, 0.717) is 43.1 Å². The third kappa shape index (κ3) is 4.80. The molecule has 150 valence electrons. The summed E-state index contributed by atoms with van der Waals surface area (Å²) in [7, 11) is 1.61. The van der Waals surface area contributed by atoms with Gasteiger partial charge in [-0.25, -0.2) is 4.98 Å². The van der Waals surface area contributed by atoms with E-state index in [0.717, 1.165) is 24.1 Å². The molecule has 1 N–H and O–H groups in total. The number of hydrogen-bond donors (Lipinski definition) is 1. The Hall–Kier alpha value is -2.63. The fourth-order valence-electron chi connectivity index (χ4n) is 3.58. The van der Waals surface area contributed by atoms with Crippen LogP contribution in [0.2, 0.25) is 0 Å². The van der Waals surface area contributed by atoms with Gasteiger partial charge in [0, 0.05) is 24.9 Å². The molecule has 1 amide bonds. The van der Waals surface area contributed by atoms with Crippen molar-refractivity contribution in [1.82, 2.24) is 14.9 Å². The van der Waals surface area contributed by atoms with Gasteiger partial charge in [0.25, 0.3) is 5.56 Å². The van der Waals surface area contributed by atoms with Crippen LogP contribution in [0.1, 0.15) is 56.7 Å². The predicted molar refractivity (Wildman–Crippen MR) is 109 cm³/mol. The highest BCUT2D eigenvalue weighted by Crippen LogP contribution is 2.22. The zero-order chi connectivity index (χ0) is 19.9. The third-order valence-electron chi connectivity index (χ3n) is 5.26. The van der Waals surface area contributed by atoms with E-state index < -0.39 is 0 Å². The van der Waals surface area contributed by atoms with Crippen molar-refractivity contribution < 1.29 is 9.53 Å². The molecule has 6 nitrogen and oxygen atoms in total. The highest BCUT2D eigenvalue weighted by molar-refractivity contribution is 5.76. The molecule has 1 aliphatic heterocycles. The molecular weight excluding hydrogens is 354 g/mol. The van der Waals surface area contributed by atoms with E-state index in [1.807, 2.05) is 24.3 Å². The highest BCUT2D eigenvalue weighted by Gasteiger charge is 2.24. The molecule has 1 aromatic heterocycles. The van der Waals surface area contributed by atoms with Crippen molar-refractivity contribution in [1.29, 1.82) is 0 Å². The van der Waals surface area contributed by atoms with Crippen LogP contribution < -0.4 is 10.3 Å². The number of unbranched alkanes of at least 4 members (excludes halogenated alkanes) is 4. The SMILES string of the molecule is CCCCCCCC(=O)N1CCc2nc(-c3cccc(OC)c3)[nH]c(=O)c2C1. The number of hydrogen-bond acceptors (Lipinski definition) is 4. The van der Waals surface area contributed by atoms with Crippen molar-refractivity contribution >= 4 is 5.91 Å². The van der Waals surface area contributed by atoms with Crippen molar-refractivity contribution in [3.63, 3.8) is 0 Å². The lowest BCUT2D eigenvalue weighted by atomic mass is 10.0. The van der Waals surface area contributed by atoms with Gasteiger partial charge in [-0.15, -0.1) is 0 Å². The van der Waals surface area contributed by atoms with Gasteiger partial charge in [0.15, 0.2) is 0 Å². The topological polar surface area (TPSA) is 75.3 Å².